The third-order valence-corrected chi connectivity index (χ3v) is 5.98. The molecule has 180 valence electrons. The summed E-state index contributed by atoms with van der Waals surface area (Å²) >= 11 is 1.29. The molecule has 0 aliphatic heterocycles. The molecule has 0 saturated carbocycles. The molecule has 4 aromatic rings. The van der Waals surface area contributed by atoms with Gasteiger partial charge in [0.15, 0.2) is 5.78 Å². The molecule has 6 nitrogen and oxygen atoms in total. The van der Waals surface area contributed by atoms with E-state index in [4.69, 9.17) is 4.42 Å². The molecule has 1 heterocycles. The monoisotopic (exact) mass is 500 g/mol. The minimum absolute atomic E-state index is 0.00310. The average molecular weight is 501 g/mol. The first-order chi connectivity index (χ1) is 17.5. The molecule has 0 aliphatic rings. The van der Waals surface area contributed by atoms with E-state index in [0.717, 1.165) is 4.90 Å². The van der Waals surface area contributed by atoms with E-state index in [2.05, 4.69) is 10.6 Å². The van der Waals surface area contributed by atoms with Crippen molar-refractivity contribution in [3.63, 3.8) is 0 Å². The lowest BCUT2D eigenvalue weighted by molar-refractivity contribution is -0.113. The van der Waals surface area contributed by atoms with E-state index in [0.29, 0.717) is 22.6 Å². The number of thioether (sulfide) groups is 1. The van der Waals surface area contributed by atoms with Crippen molar-refractivity contribution in [2.45, 2.75) is 4.90 Å². The van der Waals surface area contributed by atoms with Crippen molar-refractivity contribution in [1.29, 1.82) is 0 Å². The highest BCUT2D eigenvalue weighted by molar-refractivity contribution is 8.00. The van der Waals surface area contributed by atoms with Crippen LogP contribution < -0.4 is 10.6 Å². The number of carbonyl (C=O) groups excluding carboxylic acids is 3. The van der Waals surface area contributed by atoms with Gasteiger partial charge in [-0.1, -0.05) is 24.3 Å². The van der Waals surface area contributed by atoms with E-state index < -0.39 is 17.6 Å². The maximum absolute atomic E-state index is 13.1. The van der Waals surface area contributed by atoms with Gasteiger partial charge in [-0.25, -0.2) is 4.39 Å². The summed E-state index contributed by atoms with van der Waals surface area (Å²) in [6.07, 6.45) is 2.91. The van der Waals surface area contributed by atoms with E-state index in [1.54, 1.807) is 60.7 Å². The maximum atomic E-state index is 13.1. The summed E-state index contributed by atoms with van der Waals surface area (Å²) in [6, 6.07) is 24.3. The Hall–Kier alpha value is -4.43. The fourth-order valence-electron chi connectivity index (χ4n) is 3.19. The maximum Gasteiger partial charge on any atom is 0.272 e. The number of anilines is 1. The second-order valence-corrected chi connectivity index (χ2v) is 8.64. The van der Waals surface area contributed by atoms with Crippen LogP contribution in [0.2, 0.25) is 0 Å². The minimum atomic E-state index is -0.541. The lowest BCUT2D eigenvalue weighted by Gasteiger charge is -2.12. The molecule has 0 atom stereocenters. The van der Waals surface area contributed by atoms with Gasteiger partial charge in [0.05, 0.1) is 12.0 Å². The highest BCUT2D eigenvalue weighted by Gasteiger charge is 2.16. The molecule has 0 bridgehead atoms. The number of ketones is 1. The molecule has 2 N–H and O–H groups in total. The van der Waals surface area contributed by atoms with Gasteiger partial charge in [0, 0.05) is 27.8 Å². The molecule has 0 unspecified atom stereocenters. The molecular weight excluding hydrogens is 479 g/mol. The summed E-state index contributed by atoms with van der Waals surface area (Å²) in [5, 5.41) is 5.42. The third kappa shape index (κ3) is 6.80. The average Bonchev–Trinajstić information content (AvgIpc) is 3.41. The molecule has 1 aromatic heterocycles. The summed E-state index contributed by atoms with van der Waals surface area (Å²) in [6.45, 7) is 0. The van der Waals surface area contributed by atoms with Gasteiger partial charge in [0.1, 0.15) is 17.3 Å². The molecule has 8 heteroatoms. The van der Waals surface area contributed by atoms with Gasteiger partial charge in [-0.05, 0) is 66.7 Å². The lowest BCUT2D eigenvalue weighted by atomic mass is 10.1. The Morgan fingerprint density at radius 3 is 2.36 bits per heavy atom. The number of Topliss-reactive ketones (excluding diaryl/α,β-unsaturated/α-hetero) is 1. The number of hydrogen-bond donors (Lipinski definition) is 2. The normalized spacial score (nSPS) is 11.1. The van der Waals surface area contributed by atoms with Crippen molar-refractivity contribution < 1.29 is 23.2 Å². The summed E-state index contributed by atoms with van der Waals surface area (Å²) in [4.78, 5) is 38.9. The predicted octanol–water partition coefficient (Wildman–Crippen LogP) is 5.80. The van der Waals surface area contributed by atoms with Crippen LogP contribution in [-0.2, 0) is 4.79 Å². The Morgan fingerprint density at radius 1 is 0.861 bits per heavy atom. The molecule has 36 heavy (non-hydrogen) atoms. The van der Waals surface area contributed by atoms with E-state index in [1.807, 2.05) is 6.07 Å². The van der Waals surface area contributed by atoms with Crippen LogP contribution in [0.25, 0.3) is 6.08 Å². The van der Waals surface area contributed by atoms with Crippen LogP contribution in [0.1, 0.15) is 26.5 Å². The van der Waals surface area contributed by atoms with E-state index in [1.165, 1.54) is 48.4 Å². The third-order valence-electron chi connectivity index (χ3n) is 4.99. The van der Waals surface area contributed by atoms with Gasteiger partial charge in [0.2, 0.25) is 0 Å². The number of furan rings is 1. The Balaban J connectivity index is 1.44. The molecule has 2 amide bonds. The van der Waals surface area contributed by atoms with E-state index >= 15 is 0 Å². The zero-order valence-corrected chi connectivity index (χ0v) is 19.8. The van der Waals surface area contributed by atoms with Crippen molar-refractivity contribution in [3.05, 3.63) is 126 Å². The number of hydrogen-bond acceptors (Lipinski definition) is 5. The van der Waals surface area contributed by atoms with E-state index in [9.17, 15) is 18.8 Å². The van der Waals surface area contributed by atoms with Gasteiger partial charge in [0.25, 0.3) is 11.8 Å². The Labute approximate surface area is 211 Å². The molecule has 0 spiro atoms. The number of benzene rings is 3. The van der Waals surface area contributed by atoms with Crippen LogP contribution in [0.3, 0.4) is 0 Å². The first-order valence-corrected chi connectivity index (χ1v) is 11.9. The number of halogens is 1. The Kier molecular flexibility index (Phi) is 8.10. The molecule has 3 aromatic carbocycles. The molecule has 0 saturated heterocycles. The first kappa shape index (κ1) is 24.7. The van der Waals surface area contributed by atoms with Gasteiger partial charge in [-0.2, -0.15) is 0 Å². The summed E-state index contributed by atoms with van der Waals surface area (Å²) in [5.41, 5.74) is 1.32. The van der Waals surface area contributed by atoms with Crippen molar-refractivity contribution in [2.75, 3.05) is 11.1 Å². The second kappa shape index (κ2) is 11.8. The fraction of sp³-hybridized carbons (Fsp3) is 0.0357. The summed E-state index contributed by atoms with van der Waals surface area (Å²) in [5.74, 6) is -0.964. The minimum Gasteiger partial charge on any atom is -0.465 e. The van der Waals surface area contributed by atoms with Crippen LogP contribution in [0.15, 0.2) is 112 Å². The van der Waals surface area contributed by atoms with Gasteiger partial charge < -0.3 is 15.1 Å². The second-order valence-electron chi connectivity index (χ2n) is 7.59. The zero-order valence-electron chi connectivity index (χ0n) is 18.9. The zero-order chi connectivity index (χ0) is 25.3. The van der Waals surface area contributed by atoms with Gasteiger partial charge in [-0.3, -0.25) is 14.4 Å². The highest BCUT2D eigenvalue weighted by Crippen LogP contribution is 2.23. The fourth-order valence-corrected chi connectivity index (χ4v) is 4.04. The molecule has 0 aliphatic carbocycles. The van der Waals surface area contributed by atoms with Gasteiger partial charge >= 0.3 is 0 Å². The largest absolute Gasteiger partial charge is 0.465 e. The molecule has 0 fully saturated rings. The topological polar surface area (TPSA) is 88.4 Å². The molecular formula is C28H21FN2O4S. The van der Waals surface area contributed by atoms with Crippen molar-refractivity contribution in [1.82, 2.24) is 5.32 Å². The smallest absolute Gasteiger partial charge is 0.272 e. The van der Waals surface area contributed by atoms with Crippen LogP contribution in [0.5, 0.6) is 0 Å². The number of carbonyl (C=O) groups is 3. The number of amides is 2. The lowest BCUT2D eigenvalue weighted by Crippen LogP contribution is -2.30. The van der Waals surface area contributed by atoms with Crippen LogP contribution in [0, 0.1) is 5.82 Å². The Morgan fingerprint density at radius 2 is 1.64 bits per heavy atom. The van der Waals surface area contributed by atoms with Crippen molar-refractivity contribution in [2.24, 2.45) is 0 Å². The van der Waals surface area contributed by atoms with Crippen molar-refractivity contribution >= 4 is 41.1 Å². The molecule has 4 rings (SSSR count). The van der Waals surface area contributed by atoms with Crippen LogP contribution >= 0.6 is 11.8 Å². The number of rotatable bonds is 9. The Bertz CT molecular complexity index is 1380. The standard InChI is InChI=1S/C28H21FN2O4S/c29-21-13-11-19(12-14-21)26(32)18-36-24-10-4-8-22(16-24)30-28(34)25(17-23-9-5-15-35-23)31-27(33)20-6-2-1-3-7-20/h1-17H,18H2,(H,30,34)(H,31,33)/b25-17-. The number of nitrogens with one attached hydrogen (secondary N) is 2. The summed E-state index contributed by atoms with van der Waals surface area (Å²) < 4.78 is 18.4. The van der Waals surface area contributed by atoms with E-state index in [-0.39, 0.29) is 17.2 Å². The predicted molar refractivity (Wildman–Crippen MR) is 137 cm³/mol. The summed E-state index contributed by atoms with van der Waals surface area (Å²) in [7, 11) is 0. The highest BCUT2D eigenvalue weighted by atomic mass is 32.2. The van der Waals surface area contributed by atoms with Crippen molar-refractivity contribution in [3.8, 4) is 0 Å². The molecule has 0 radical (unpaired) electrons. The van der Waals surface area contributed by atoms with Gasteiger partial charge in [-0.15, -0.1) is 11.8 Å². The van der Waals surface area contributed by atoms with Crippen LogP contribution in [0.4, 0.5) is 10.1 Å². The van der Waals surface area contributed by atoms with Crippen LogP contribution in [-0.4, -0.2) is 23.4 Å². The quantitative estimate of drug-likeness (QED) is 0.172. The SMILES string of the molecule is O=C(Nc1cccc(SCC(=O)c2ccc(F)cc2)c1)/C(=C/c1ccco1)NC(=O)c1ccccc1. The first-order valence-electron chi connectivity index (χ1n) is 10.9.